The zero-order chi connectivity index (χ0) is 21.8. The highest BCUT2D eigenvalue weighted by atomic mass is 16.5. The lowest BCUT2D eigenvalue weighted by Crippen LogP contribution is -2.56. The molecule has 0 bridgehead atoms. The van der Waals surface area contributed by atoms with Crippen molar-refractivity contribution in [2.24, 2.45) is 11.3 Å². The van der Waals surface area contributed by atoms with Gasteiger partial charge in [-0.15, -0.1) is 0 Å². The Morgan fingerprint density at radius 3 is 2.68 bits per heavy atom. The Labute approximate surface area is 182 Å². The summed E-state index contributed by atoms with van der Waals surface area (Å²) in [5.41, 5.74) is 1.13. The molecule has 0 amide bonds. The van der Waals surface area contributed by atoms with Crippen LogP contribution in [0.2, 0.25) is 0 Å². The Hall–Kier alpha value is -2.63. The van der Waals surface area contributed by atoms with Crippen molar-refractivity contribution in [3.05, 3.63) is 47.2 Å². The monoisotopic (exact) mass is 423 g/mol. The summed E-state index contributed by atoms with van der Waals surface area (Å²) in [6.07, 6.45) is 4.47. The number of carbonyl (C=O) groups is 3. The van der Waals surface area contributed by atoms with Crippen LogP contribution in [-0.2, 0) is 30.3 Å². The van der Waals surface area contributed by atoms with Crippen LogP contribution in [0.1, 0.15) is 51.0 Å². The number of Topliss-reactive ketones (excluding diaryl/α,β-unsaturated/α-hetero) is 1. The topological polar surface area (TPSA) is 72.9 Å². The average Bonchev–Trinajstić information content (AvgIpc) is 3.24. The van der Waals surface area contributed by atoms with E-state index in [0.29, 0.717) is 45.1 Å². The second kappa shape index (κ2) is 7.21. The Kier molecular flexibility index (Phi) is 4.72. The second-order valence-corrected chi connectivity index (χ2v) is 9.32. The molecule has 0 spiro atoms. The van der Waals surface area contributed by atoms with Crippen LogP contribution in [0.25, 0.3) is 0 Å². The highest BCUT2D eigenvalue weighted by Gasteiger charge is 2.69. The number of ether oxygens (including phenoxy) is 2. The predicted molar refractivity (Wildman–Crippen MR) is 113 cm³/mol. The highest BCUT2D eigenvalue weighted by molar-refractivity contribution is 6.09. The fraction of sp³-hybridized carbons (Fsp3) is 0.560. The molecular weight excluding hydrogens is 394 g/mol. The van der Waals surface area contributed by atoms with Crippen molar-refractivity contribution in [3.63, 3.8) is 0 Å². The molecule has 31 heavy (non-hydrogen) atoms. The van der Waals surface area contributed by atoms with Crippen LogP contribution < -0.4 is 0 Å². The van der Waals surface area contributed by atoms with E-state index in [1.165, 1.54) is 7.11 Å². The number of rotatable bonds is 5. The van der Waals surface area contributed by atoms with Gasteiger partial charge < -0.3 is 14.4 Å². The number of hydrogen-bond donors (Lipinski definition) is 0. The smallest absolute Gasteiger partial charge is 0.318 e. The molecule has 2 fully saturated rings. The maximum absolute atomic E-state index is 14.0. The van der Waals surface area contributed by atoms with Gasteiger partial charge in [-0.3, -0.25) is 14.4 Å². The van der Waals surface area contributed by atoms with Gasteiger partial charge in [0.1, 0.15) is 11.0 Å². The highest BCUT2D eigenvalue weighted by Crippen LogP contribution is 2.63. The summed E-state index contributed by atoms with van der Waals surface area (Å²) < 4.78 is 10.7. The zero-order valence-corrected chi connectivity index (χ0v) is 18.2. The normalized spacial score (nSPS) is 33.4. The van der Waals surface area contributed by atoms with E-state index >= 15 is 0 Å². The zero-order valence-electron chi connectivity index (χ0n) is 18.2. The third-order valence-electron chi connectivity index (χ3n) is 7.90. The van der Waals surface area contributed by atoms with Crippen molar-refractivity contribution in [1.29, 1.82) is 0 Å². The van der Waals surface area contributed by atoms with E-state index < -0.39 is 11.0 Å². The predicted octanol–water partition coefficient (Wildman–Crippen LogP) is 3.20. The number of methoxy groups -OCH3 is 1. The van der Waals surface area contributed by atoms with Crippen LogP contribution in [0.15, 0.2) is 41.6 Å². The Morgan fingerprint density at radius 2 is 1.97 bits per heavy atom. The molecule has 4 atom stereocenters. The molecular formula is C25H29NO5. The minimum Gasteiger partial charge on any atom is -0.469 e. The molecule has 1 aromatic rings. The number of piperidine rings is 1. The van der Waals surface area contributed by atoms with E-state index in [-0.39, 0.29) is 29.7 Å². The Bertz CT molecular complexity index is 969. The van der Waals surface area contributed by atoms with E-state index in [1.807, 2.05) is 37.3 Å². The van der Waals surface area contributed by atoms with Gasteiger partial charge in [-0.2, -0.15) is 0 Å². The number of esters is 2. The van der Waals surface area contributed by atoms with Gasteiger partial charge in [-0.05, 0) is 51.0 Å². The third-order valence-corrected chi connectivity index (χ3v) is 7.90. The van der Waals surface area contributed by atoms with Gasteiger partial charge in [-0.1, -0.05) is 30.3 Å². The van der Waals surface area contributed by atoms with Crippen LogP contribution in [0.3, 0.4) is 0 Å². The van der Waals surface area contributed by atoms with Crippen molar-refractivity contribution < 1.29 is 23.9 Å². The fourth-order valence-corrected chi connectivity index (χ4v) is 6.75. The van der Waals surface area contributed by atoms with E-state index in [9.17, 15) is 14.4 Å². The average molecular weight is 424 g/mol. The molecule has 6 nitrogen and oxygen atoms in total. The number of benzene rings is 1. The maximum Gasteiger partial charge on any atom is 0.318 e. The summed E-state index contributed by atoms with van der Waals surface area (Å²) in [4.78, 5) is 42.2. The van der Waals surface area contributed by atoms with Crippen LogP contribution >= 0.6 is 0 Å². The first-order valence-corrected chi connectivity index (χ1v) is 11.4. The van der Waals surface area contributed by atoms with Crippen LogP contribution in [-0.4, -0.2) is 47.9 Å². The molecule has 5 rings (SSSR count). The number of hydrogen-bond acceptors (Lipinski definition) is 6. The van der Waals surface area contributed by atoms with Gasteiger partial charge in [0, 0.05) is 23.7 Å². The SMILES string of the molecule is CCOC(=O)[C@@]12CCCC3=C1N1[C@@H](CC2)[C@@H](C(=O)OC)C[C@@]1(Cc1ccccc1)C3=O. The first kappa shape index (κ1) is 20.3. The largest absolute Gasteiger partial charge is 0.469 e. The van der Waals surface area contributed by atoms with Crippen molar-refractivity contribution >= 4 is 17.7 Å². The molecule has 0 N–H and O–H groups in total. The summed E-state index contributed by atoms with van der Waals surface area (Å²) in [5, 5.41) is 0. The second-order valence-electron chi connectivity index (χ2n) is 9.32. The molecule has 6 heteroatoms. The molecule has 0 saturated carbocycles. The van der Waals surface area contributed by atoms with Gasteiger partial charge in [-0.25, -0.2) is 0 Å². The molecule has 0 unspecified atom stereocenters. The quantitative estimate of drug-likeness (QED) is 0.678. The summed E-state index contributed by atoms with van der Waals surface area (Å²) >= 11 is 0. The van der Waals surface area contributed by atoms with E-state index in [0.717, 1.165) is 23.3 Å². The fourth-order valence-electron chi connectivity index (χ4n) is 6.75. The van der Waals surface area contributed by atoms with Crippen LogP contribution in [0, 0.1) is 11.3 Å². The van der Waals surface area contributed by atoms with Crippen molar-refractivity contribution in [3.8, 4) is 0 Å². The minimum atomic E-state index is -0.821. The molecule has 3 aliphatic heterocycles. The maximum atomic E-state index is 14.0. The Balaban J connectivity index is 1.66. The lowest BCUT2D eigenvalue weighted by molar-refractivity contribution is -0.158. The number of carbonyl (C=O) groups excluding carboxylic acids is 3. The molecule has 0 aromatic heterocycles. The number of ketones is 1. The van der Waals surface area contributed by atoms with Gasteiger partial charge in [0.2, 0.25) is 0 Å². The van der Waals surface area contributed by atoms with E-state index in [1.54, 1.807) is 0 Å². The van der Waals surface area contributed by atoms with Crippen molar-refractivity contribution in [2.45, 2.75) is 63.5 Å². The van der Waals surface area contributed by atoms with Gasteiger partial charge in [0.25, 0.3) is 0 Å². The van der Waals surface area contributed by atoms with Gasteiger partial charge in [0.05, 0.1) is 19.6 Å². The molecule has 164 valence electrons. The Morgan fingerprint density at radius 1 is 1.19 bits per heavy atom. The summed E-state index contributed by atoms with van der Waals surface area (Å²) in [7, 11) is 1.41. The van der Waals surface area contributed by atoms with Crippen LogP contribution in [0.5, 0.6) is 0 Å². The van der Waals surface area contributed by atoms with Crippen molar-refractivity contribution in [2.75, 3.05) is 13.7 Å². The summed E-state index contributed by atoms with van der Waals surface area (Å²) in [6, 6.07) is 9.85. The molecule has 0 radical (unpaired) electrons. The molecule has 2 saturated heterocycles. The summed E-state index contributed by atoms with van der Waals surface area (Å²) in [6.45, 7) is 2.14. The molecule has 4 aliphatic rings. The lowest BCUT2D eigenvalue weighted by atomic mass is 9.66. The number of nitrogens with zero attached hydrogens (tertiary/aromatic N) is 1. The van der Waals surface area contributed by atoms with Crippen LogP contribution in [0.4, 0.5) is 0 Å². The minimum absolute atomic E-state index is 0.0954. The van der Waals surface area contributed by atoms with E-state index in [4.69, 9.17) is 9.47 Å². The summed E-state index contributed by atoms with van der Waals surface area (Å²) in [5.74, 6) is -0.751. The van der Waals surface area contributed by atoms with Gasteiger partial charge in [0.15, 0.2) is 5.78 Å². The van der Waals surface area contributed by atoms with E-state index in [2.05, 4.69) is 4.90 Å². The van der Waals surface area contributed by atoms with Gasteiger partial charge >= 0.3 is 11.9 Å². The third kappa shape index (κ3) is 2.66. The van der Waals surface area contributed by atoms with Crippen molar-refractivity contribution in [1.82, 2.24) is 4.90 Å². The first-order chi connectivity index (χ1) is 15.0. The standard InChI is InChI=1S/C25H29NO5/c1-3-31-23(29)24-12-7-10-17-20(24)26-19(11-13-24)18(22(28)30-2)15-25(26,21(17)27)14-16-8-5-4-6-9-16/h4-6,8-9,18-19H,3,7,10-15H2,1-2H3/t18-,19-,24+,25-/m0/s1. The lowest BCUT2D eigenvalue weighted by Gasteiger charge is -2.49. The molecule has 1 aromatic carbocycles. The first-order valence-electron chi connectivity index (χ1n) is 11.4. The molecule has 1 aliphatic carbocycles. The molecule has 3 heterocycles.